The Kier molecular flexibility index (Phi) is 2.54. The number of nitrogens with one attached hydrogen (secondary N) is 1. The number of nitrogens with zero attached hydrogens (tertiary/aromatic N) is 2. The van der Waals surface area contributed by atoms with Crippen LogP contribution in [0, 0.1) is 16.7 Å². The van der Waals surface area contributed by atoms with Crippen molar-refractivity contribution in [3.8, 4) is 0 Å². The third-order valence-corrected chi connectivity index (χ3v) is 8.47. The van der Waals surface area contributed by atoms with Crippen molar-refractivity contribution in [1.82, 2.24) is 14.5 Å². The quantitative estimate of drug-likeness (QED) is 0.860. The molecule has 1 saturated heterocycles. The maximum Gasteiger partial charge on any atom is 0.217 e. The zero-order valence-electron chi connectivity index (χ0n) is 12.3. The molecule has 6 nitrogen and oxygen atoms in total. The monoisotopic (exact) mass is 311 g/mol. The van der Waals surface area contributed by atoms with E-state index < -0.39 is 16.3 Å². The molecule has 4 atom stereocenters. The molecule has 4 unspecified atom stereocenters. The van der Waals surface area contributed by atoms with Gasteiger partial charge in [-0.25, -0.2) is 8.42 Å². The van der Waals surface area contributed by atoms with Gasteiger partial charge in [-0.1, -0.05) is 13.8 Å². The predicted molar refractivity (Wildman–Crippen MR) is 76.5 cm³/mol. The molecule has 4 rings (SSSR count). The van der Waals surface area contributed by atoms with Crippen LogP contribution in [0.1, 0.15) is 45.0 Å². The Hall–Kier alpha value is -0.920. The van der Waals surface area contributed by atoms with E-state index in [1.54, 1.807) is 6.07 Å². The average molecular weight is 311 g/mol. The summed E-state index contributed by atoms with van der Waals surface area (Å²) in [5.41, 5.74) is 0.251. The number of aromatic amines is 1. The van der Waals surface area contributed by atoms with Crippen molar-refractivity contribution in [3.05, 3.63) is 18.0 Å². The normalized spacial score (nSPS) is 41.3. The fraction of sp³-hybridized carbons (Fsp3) is 0.786. The second kappa shape index (κ2) is 3.88. The van der Waals surface area contributed by atoms with Gasteiger partial charge in [-0.05, 0) is 36.7 Å². The standard InChI is InChI=1S/C14H21N3O3S/c1-13(2)9-3-5-14(13)8-21(19,20)17(11(14)7-9)12(18)10-4-6-15-16-10/h4,6,9,11-12,18H,3,5,7-8H2,1-2H3,(H,15,16). The predicted octanol–water partition coefficient (Wildman–Crippen LogP) is 1.24. The first-order valence-electron chi connectivity index (χ1n) is 7.48. The lowest BCUT2D eigenvalue weighted by Gasteiger charge is -2.38. The number of aromatic nitrogens is 2. The SMILES string of the molecule is CC1(C)C2CCC13CS(=O)(=O)N(C(O)c1ccn[nH]1)C3C2. The van der Waals surface area contributed by atoms with Gasteiger partial charge in [-0.3, -0.25) is 5.10 Å². The zero-order valence-corrected chi connectivity index (χ0v) is 13.1. The molecule has 0 aromatic carbocycles. The minimum Gasteiger partial charge on any atom is -0.371 e. The first-order valence-corrected chi connectivity index (χ1v) is 9.09. The molecule has 2 bridgehead atoms. The number of fused-ring (bicyclic) bond motifs is 1. The summed E-state index contributed by atoms with van der Waals surface area (Å²) in [5, 5.41) is 17.1. The molecule has 2 aliphatic carbocycles. The van der Waals surface area contributed by atoms with Crippen LogP contribution in [0.15, 0.2) is 12.3 Å². The smallest absolute Gasteiger partial charge is 0.217 e. The molecule has 3 fully saturated rings. The van der Waals surface area contributed by atoms with Crippen LogP contribution in [0.2, 0.25) is 0 Å². The highest BCUT2D eigenvalue weighted by molar-refractivity contribution is 7.89. The van der Waals surface area contributed by atoms with Crippen LogP contribution in [0.25, 0.3) is 0 Å². The average Bonchev–Trinajstić information content (AvgIpc) is 3.08. The molecule has 2 heterocycles. The van der Waals surface area contributed by atoms with Gasteiger partial charge in [0.05, 0.1) is 11.4 Å². The summed E-state index contributed by atoms with van der Waals surface area (Å²) < 4.78 is 26.8. The van der Waals surface area contributed by atoms with E-state index in [0.717, 1.165) is 19.3 Å². The third-order valence-electron chi connectivity index (χ3n) is 6.50. The van der Waals surface area contributed by atoms with Gasteiger partial charge in [-0.15, -0.1) is 0 Å². The first-order chi connectivity index (χ1) is 9.80. The summed E-state index contributed by atoms with van der Waals surface area (Å²) in [6.45, 7) is 4.40. The van der Waals surface area contributed by atoms with Crippen molar-refractivity contribution in [2.75, 3.05) is 5.75 Å². The molecule has 2 N–H and O–H groups in total. The molecule has 116 valence electrons. The van der Waals surface area contributed by atoms with Crippen LogP contribution < -0.4 is 0 Å². The molecule has 3 aliphatic rings. The maximum absolute atomic E-state index is 12.7. The summed E-state index contributed by atoms with van der Waals surface area (Å²) in [4.78, 5) is 0. The third kappa shape index (κ3) is 1.49. The Balaban J connectivity index is 1.80. The summed E-state index contributed by atoms with van der Waals surface area (Å²) >= 11 is 0. The number of rotatable bonds is 2. The highest BCUT2D eigenvalue weighted by Crippen LogP contribution is 2.70. The number of hydrogen-bond donors (Lipinski definition) is 2. The highest BCUT2D eigenvalue weighted by atomic mass is 32.2. The van der Waals surface area contributed by atoms with Crippen LogP contribution in [-0.4, -0.2) is 39.8 Å². The second-order valence-electron chi connectivity index (χ2n) is 7.34. The van der Waals surface area contributed by atoms with Gasteiger partial charge in [0.1, 0.15) is 0 Å². The first kappa shape index (κ1) is 13.7. The molecule has 1 aromatic heterocycles. The van der Waals surface area contributed by atoms with E-state index in [9.17, 15) is 13.5 Å². The van der Waals surface area contributed by atoms with Gasteiger partial charge in [0.25, 0.3) is 0 Å². The number of sulfonamides is 1. The van der Waals surface area contributed by atoms with Crippen molar-refractivity contribution in [1.29, 1.82) is 0 Å². The number of hydrogen-bond acceptors (Lipinski definition) is 4. The van der Waals surface area contributed by atoms with E-state index in [4.69, 9.17) is 0 Å². The lowest BCUT2D eigenvalue weighted by molar-refractivity contribution is 0.00376. The zero-order chi connectivity index (χ0) is 15.0. The van der Waals surface area contributed by atoms with Crippen LogP contribution in [0.5, 0.6) is 0 Å². The van der Waals surface area contributed by atoms with Crippen molar-refractivity contribution in [2.24, 2.45) is 16.7 Å². The number of aliphatic hydroxyl groups excluding tert-OH is 1. The van der Waals surface area contributed by atoms with E-state index in [1.165, 1.54) is 10.5 Å². The van der Waals surface area contributed by atoms with E-state index >= 15 is 0 Å². The lowest BCUT2D eigenvalue weighted by Crippen LogP contribution is -2.43. The van der Waals surface area contributed by atoms with Gasteiger partial charge in [-0.2, -0.15) is 9.40 Å². The number of aliphatic hydroxyl groups is 1. The van der Waals surface area contributed by atoms with Crippen molar-refractivity contribution >= 4 is 10.0 Å². The lowest BCUT2D eigenvalue weighted by atomic mass is 9.69. The number of H-pyrrole nitrogens is 1. The summed E-state index contributed by atoms with van der Waals surface area (Å²) in [7, 11) is -3.45. The van der Waals surface area contributed by atoms with E-state index in [0.29, 0.717) is 11.6 Å². The van der Waals surface area contributed by atoms with E-state index in [1.807, 2.05) is 0 Å². The molecule has 7 heteroatoms. The van der Waals surface area contributed by atoms with Crippen molar-refractivity contribution in [2.45, 2.75) is 45.4 Å². The summed E-state index contributed by atoms with van der Waals surface area (Å²) in [5.74, 6) is 0.716. The Labute approximate surface area is 124 Å². The molecule has 1 aliphatic heterocycles. The van der Waals surface area contributed by atoms with Crippen LogP contribution in [0.3, 0.4) is 0 Å². The van der Waals surface area contributed by atoms with Gasteiger partial charge in [0, 0.05) is 17.7 Å². The van der Waals surface area contributed by atoms with Gasteiger partial charge in [0.2, 0.25) is 10.0 Å². The summed E-state index contributed by atoms with van der Waals surface area (Å²) in [6, 6.07) is 1.54. The van der Waals surface area contributed by atoms with Crippen LogP contribution in [0.4, 0.5) is 0 Å². The molecule has 2 saturated carbocycles. The minimum atomic E-state index is -3.45. The van der Waals surface area contributed by atoms with Crippen molar-refractivity contribution < 1.29 is 13.5 Å². The maximum atomic E-state index is 12.7. The van der Waals surface area contributed by atoms with Gasteiger partial charge in [0.15, 0.2) is 6.23 Å². The summed E-state index contributed by atoms with van der Waals surface area (Å²) in [6.07, 6.45) is 3.28. The molecule has 1 aromatic rings. The topological polar surface area (TPSA) is 86.3 Å². The van der Waals surface area contributed by atoms with Crippen molar-refractivity contribution in [3.63, 3.8) is 0 Å². The van der Waals surface area contributed by atoms with Crippen LogP contribution in [-0.2, 0) is 10.0 Å². The Morgan fingerprint density at radius 3 is 2.90 bits per heavy atom. The van der Waals surface area contributed by atoms with Gasteiger partial charge >= 0.3 is 0 Å². The molecule has 1 spiro atoms. The minimum absolute atomic E-state index is 0.0210. The highest BCUT2D eigenvalue weighted by Gasteiger charge is 2.72. The van der Waals surface area contributed by atoms with Gasteiger partial charge < -0.3 is 5.11 Å². The molecule has 21 heavy (non-hydrogen) atoms. The second-order valence-corrected chi connectivity index (χ2v) is 9.21. The molecular formula is C14H21N3O3S. The van der Waals surface area contributed by atoms with E-state index in [-0.39, 0.29) is 22.6 Å². The Morgan fingerprint density at radius 2 is 2.29 bits per heavy atom. The van der Waals surface area contributed by atoms with Crippen LogP contribution >= 0.6 is 0 Å². The molecular weight excluding hydrogens is 290 g/mol. The Bertz CT molecular complexity index is 670. The molecule has 0 amide bonds. The Morgan fingerprint density at radius 1 is 1.52 bits per heavy atom. The fourth-order valence-electron chi connectivity index (χ4n) is 5.19. The largest absolute Gasteiger partial charge is 0.371 e. The van der Waals surface area contributed by atoms with E-state index in [2.05, 4.69) is 24.0 Å². The molecule has 0 radical (unpaired) electrons. The fourth-order valence-corrected chi connectivity index (χ4v) is 7.79.